The molecule has 0 N–H and O–H groups in total. The average Bonchev–Trinajstić information content (AvgIpc) is 3.12. The van der Waals surface area contributed by atoms with Crippen LogP contribution >= 0.6 is 27.7 Å². The van der Waals surface area contributed by atoms with Crippen molar-refractivity contribution in [2.75, 3.05) is 4.90 Å². The summed E-state index contributed by atoms with van der Waals surface area (Å²) in [5.41, 5.74) is 4.61. The number of rotatable bonds is 3. The highest BCUT2D eigenvalue weighted by molar-refractivity contribution is 9.10. The van der Waals surface area contributed by atoms with Crippen LogP contribution < -0.4 is 4.90 Å². The molecular formula is C22H17BrN2O2S. The molecule has 2 aromatic carbocycles. The number of anilines is 1. The van der Waals surface area contributed by atoms with Gasteiger partial charge in [-0.25, -0.2) is 4.90 Å². The van der Waals surface area contributed by atoms with Crippen LogP contribution in [0.3, 0.4) is 0 Å². The number of imide groups is 1. The number of nitrogens with zero attached hydrogens (tertiary/aromatic N) is 2. The first-order valence-electron chi connectivity index (χ1n) is 8.74. The summed E-state index contributed by atoms with van der Waals surface area (Å²) in [5, 5.41) is -0.276. The number of benzene rings is 2. The van der Waals surface area contributed by atoms with Crippen molar-refractivity contribution < 1.29 is 9.59 Å². The Morgan fingerprint density at radius 1 is 0.964 bits per heavy atom. The maximum absolute atomic E-state index is 12.8. The number of para-hydroxylation sites is 2. The molecule has 1 aliphatic rings. The van der Waals surface area contributed by atoms with Crippen LogP contribution in [0.4, 0.5) is 10.5 Å². The van der Waals surface area contributed by atoms with Gasteiger partial charge < -0.3 is 4.57 Å². The van der Waals surface area contributed by atoms with Crippen molar-refractivity contribution >= 4 is 50.6 Å². The second-order valence-electron chi connectivity index (χ2n) is 6.47. The number of carbonyl (C=O) groups excluding carboxylic acids is 2. The summed E-state index contributed by atoms with van der Waals surface area (Å²) in [5.74, 6) is -0.285. The predicted octanol–water partition coefficient (Wildman–Crippen LogP) is 6.10. The van der Waals surface area contributed by atoms with Gasteiger partial charge in [-0.2, -0.15) is 0 Å². The summed E-state index contributed by atoms with van der Waals surface area (Å²) in [4.78, 5) is 26.9. The van der Waals surface area contributed by atoms with Crippen LogP contribution in [0.5, 0.6) is 0 Å². The summed E-state index contributed by atoms with van der Waals surface area (Å²) >= 11 is 4.58. The number of halogens is 1. The summed E-state index contributed by atoms with van der Waals surface area (Å²) in [6, 6.07) is 19.0. The maximum Gasteiger partial charge on any atom is 0.298 e. The second-order valence-corrected chi connectivity index (χ2v) is 8.31. The monoisotopic (exact) mass is 452 g/mol. The van der Waals surface area contributed by atoms with E-state index in [1.165, 1.54) is 4.90 Å². The zero-order valence-corrected chi connectivity index (χ0v) is 17.8. The lowest BCUT2D eigenvalue weighted by atomic mass is 10.2. The molecule has 0 aliphatic carbocycles. The summed E-state index contributed by atoms with van der Waals surface area (Å²) in [7, 11) is 0. The van der Waals surface area contributed by atoms with Crippen LogP contribution in [-0.4, -0.2) is 15.7 Å². The SMILES string of the molecule is Cc1cc(/C=C2\SC(=O)N(c3ccccc3)C2=O)c(C)n1-c1ccccc1Br. The van der Waals surface area contributed by atoms with Gasteiger partial charge in [0.1, 0.15) is 0 Å². The third-order valence-electron chi connectivity index (χ3n) is 4.66. The lowest BCUT2D eigenvalue weighted by Crippen LogP contribution is -2.27. The minimum absolute atomic E-state index is 0.276. The van der Waals surface area contributed by atoms with E-state index in [2.05, 4.69) is 20.5 Å². The van der Waals surface area contributed by atoms with Gasteiger partial charge in [0, 0.05) is 15.9 Å². The summed E-state index contributed by atoms with van der Waals surface area (Å²) < 4.78 is 3.13. The van der Waals surface area contributed by atoms with Gasteiger partial charge >= 0.3 is 0 Å². The zero-order chi connectivity index (χ0) is 19.8. The normalized spacial score (nSPS) is 15.7. The van der Waals surface area contributed by atoms with Crippen LogP contribution in [0.1, 0.15) is 17.0 Å². The third-order valence-corrected chi connectivity index (χ3v) is 6.20. The molecule has 0 saturated carbocycles. The van der Waals surface area contributed by atoms with Gasteiger partial charge in [0.25, 0.3) is 11.1 Å². The molecule has 1 aliphatic heterocycles. The zero-order valence-electron chi connectivity index (χ0n) is 15.3. The lowest BCUT2D eigenvalue weighted by Gasteiger charge is -2.12. The van der Waals surface area contributed by atoms with E-state index in [9.17, 15) is 9.59 Å². The number of aromatic nitrogens is 1. The number of thioether (sulfide) groups is 1. The molecule has 1 saturated heterocycles. The Hall–Kier alpha value is -2.57. The number of aryl methyl sites for hydroxylation is 1. The highest BCUT2D eigenvalue weighted by atomic mass is 79.9. The molecule has 1 fully saturated rings. The molecule has 28 heavy (non-hydrogen) atoms. The van der Waals surface area contributed by atoms with Gasteiger partial charge in [-0.15, -0.1) is 0 Å². The molecule has 0 bridgehead atoms. The molecule has 6 heteroatoms. The minimum atomic E-state index is -0.285. The minimum Gasteiger partial charge on any atom is -0.317 e. The van der Waals surface area contributed by atoms with Crippen LogP contribution in [0.15, 0.2) is 70.0 Å². The van der Waals surface area contributed by atoms with Crippen molar-refractivity contribution in [2.45, 2.75) is 13.8 Å². The van der Waals surface area contributed by atoms with Gasteiger partial charge in [-0.05, 0) is 83.5 Å². The Morgan fingerprint density at radius 3 is 2.36 bits per heavy atom. The van der Waals surface area contributed by atoms with Gasteiger partial charge in [0.2, 0.25) is 0 Å². The van der Waals surface area contributed by atoms with E-state index < -0.39 is 0 Å². The topological polar surface area (TPSA) is 42.3 Å². The van der Waals surface area contributed by atoms with Gasteiger partial charge in [0.05, 0.1) is 16.3 Å². The Balaban J connectivity index is 1.73. The van der Waals surface area contributed by atoms with Crippen molar-refractivity contribution in [1.82, 2.24) is 4.57 Å². The Bertz CT molecular complexity index is 1120. The summed E-state index contributed by atoms with van der Waals surface area (Å²) in [6.07, 6.45) is 1.81. The second kappa shape index (κ2) is 7.45. The van der Waals surface area contributed by atoms with Gasteiger partial charge in [-0.1, -0.05) is 30.3 Å². The van der Waals surface area contributed by atoms with Crippen LogP contribution in [0.2, 0.25) is 0 Å². The fraction of sp³-hybridized carbons (Fsp3) is 0.0909. The fourth-order valence-corrected chi connectivity index (χ4v) is 4.64. The molecule has 3 aromatic rings. The van der Waals surface area contributed by atoms with Crippen LogP contribution in [0.25, 0.3) is 11.8 Å². The van der Waals surface area contributed by atoms with E-state index in [0.717, 1.165) is 38.9 Å². The molecule has 0 atom stereocenters. The predicted molar refractivity (Wildman–Crippen MR) is 118 cm³/mol. The first-order valence-corrected chi connectivity index (χ1v) is 10.3. The van der Waals surface area contributed by atoms with E-state index >= 15 is 0 Å². The van der Waals surface area contributed by atoms with Gasteiger partial charge in [0.15, 0.2) is 0 Å². The Morgan fingerprint density at radius 2 is 1.64 bits per heavy atom. The molecule has 2 heterocycles. The average molecular weight is 453 g/mol. The quantitative estimate of drug-likeness (QED) is 0.451. The Labute approximate surface area is 176 Å². The smallest absolute Gasteiger partial charge is 0.298 e. The van der Waals surface area contributed by atoms with Crippen molar-refractivity contribution in [3.63, 3.8) is 0 Å². The third kappa shape index (κ3) is 3.23. The molecular weight excluding hydrogens is 436 g/mol. The van der Waals surface area contributed by atoms with E-state index in [1.54, 1.807) is 12.1 Å². The van der Waals surface area contributed by atoms with Crippen molar-refractivity contribution in [2.24, 2.45) is 0 Å². The van der Waals surface area contributed by atoms with Crippen LogP contribution in [-0.2, 0) is 4.79 Å². The molecule has 0 unspecified atom stereocenters. The Kier molecular flexibility index (Phi) is 5.00. The standard InChI is InChI=1S/C22H17BrN2O2S/c1-14-12-16(15(2)24(14)19-11-7-6-10-18(19)23)13-20-21(26)25(22(27)28-20)17-8-4-3-5-9-17/h3-13H,1-2H3/b20-13-. The number of amides is 2. The van der Waals surface area contributed by atoms with Gasteiger partial charge in [-0.3, -0.25) is 9.59 Å². The highest BCUT2D eigenvalue weighted by Crippen LogP contribution is 2.36. The largest absolute Gasteiger partial charge is 0.317 e. The first-order chi connectivity index (χ1) is 13.5. The molecule has 0 radical (unpaired) electrons. The van der Waals surface area contributed by atoms with E-state index in [0.29, 0.717) is 10.6 Å². The van der Waals surface area contributed by atoms with E-state index in [4.69, 9.17) is 0 Å². The van der Waals surface area contributed by atoms with Crippen molar-refractivity contribution in [3.8, 4) is 5.69 Å². The molecule has 1 aromatic heterocycles. The number of carbonyl (C=O) groups is 2. The van der Waals surface area contributed by atoms with Crippen molar-refractivity contribution in [1.29, 1.82) is 0 Å². The first kappa shape index (κ1) is 18.8. The fourth-order valence-electron chi connectivity index (χ4n) is 3.35. The summed E-state index contributed by atoms with van der Waals surface area (Å²) in [6.45, 7) is 4.04. The molecule has 4 rings (SSSR count). The molecule has 0 spiro atoms. The highest BCUT2D eigenvalue weighted by Gasteiger charge is 2.36. The molecule has 4 nitrogen and oxygen atoms in total. The number of hydrogen-bond donors (Lipinski definition) is 0. The van der Waals surface area contributed by atoms with Crippen molar-refractivity contribution in [3.05, 3.63) is 87.0 Å². The lowest BCUT2D eigenvalue weighted by molar-refractivity contribution is -0.113. The molecule has 140 valence electrons. The van der Waals surface area contributed by atoms with Crippen LogP contribution in [0, 0.1) is 13.8 Å². The maximum atomic E-state index is 12.8. The molecule has 2 amide bonds. The van der Waals surface area contributed by atoms with E-state index in [1.807, 2.05) is 68.5 Å². The van der Waals surface area contributed by atoms with E-state index in [-0.39, 0.29) is 11.1 Å². The number of hydrogen-bond acceptors (Lipinski definition) is 3.